The molecule has 0 saturated carbocycles. The zero-order chi connectivity index (χ0) is 13.9. The number of hydrazine groups is 1. The second-order valence-electron chi connectivity index (χ2n) is 4.89. The highest BCUT2D eigenvalue weighted by atomic mass is 19.4. The molecule has 0 radical (unpaired) electrons. The highest BCUT2D eigenvalue weighted by molar-refractivity contribution is 5.78. The molecule has 18 heavy (non-hydrogen) atoms. The lowest BCUT2D eigenvalue weighted by Gasteiger charge is -2.38. The molecule has 0 bridgehead atoms. The highest BCUT2D eigenvalue weighted by Crippen LogP contribution is 2.34. The molecular formula is C11H20F3N3O. The Kier molecular flexibility index (Phi) is 4.98. The molecule has 1 heterocycles. The number of hydrogen-bond donors (Lipinski definition) is 2. The predicted octanol–water partition coefficient (Wildman–Crippen LogP) is 1.28. The van der Waals surface area contributed by atoms with Crippen molar-refractivity contribution in [1.82, 2.24) is 10.3 Å². The molecule has 3 N–H and O–H groups in total. The van der Waals surface area contributed by atoms with Crippen molar-refractivity contribution >= 4 is 5.91 Å². The average molecular weight is 267 g/mol. The van der Waals surface area contributed by atoms with Crippen LogP contribution in [-0.2, 0) is 4.79 Å². The number of rotatable bonds is 3. The van der Waals surface area contributed by atoms with Crippen LogP contribution in [0.1, 0.15) is 26.7 Å². The molecule has 2 unspecified atom stereocenters. The van der Waals surface area contributed by atoms with Crippen LogP contribution in [0.4, 0.5) is 13.2 Å². The number of carbonyl (C=O) groups excluding carboxylic acids is 1. The van der Waals surface area contributed by atoms with E-state index >= 15 is 0 Å². The lowest BCUT2D eigenvalue weighted by Crippen LogP contribution is -2.49. The van der Waals surface area contributed by atoms with Crippen LogP contribution in [0.2, 0.25) is 0 Å². The summed E-state index contributed by atoms with van der Waals surface area (Å²) in [5.41, 5.74) is 2.07. The van der Waals surface area contributed by atoms with E-state index in [1.807, 2.05) is 11.8 Å². The molecule has 0 spiro atoms. The van der Waals surface area contributed by atoms with E-state index in [2.05, 4.69) is 5.43 Å². The molecule has 1 rings (SSSR count). The van der Waals surface area contributed by atoms with Gasteiger partial charge in [-0.05, 0) is 32.9 Å². The number of nitrogens with two attached hydrogens (primary N) is 1. The largest absolute Gasteiger partial charge is 0.391 e. The van der Waals surface area contributed by atoms with E-state index < -0.39 is 12.1 Å². The molecule has 1 fully saturated rings. The van der Waals surface area contributed by atoms with Gasteiger partial charge in [0.15, 0.2) is 0 Å². The minimum atomic E-state index is -4.10. The fraction of sp³-hybridized carbons (Fsp3) is 0.909. The smallest absolute Gasteiger partial charge is 0.300 e. The van der Waals surface area contributed by atoms with Gasteiger partial charge in [-0.1, -0.05) is 6.92 Å². The third kappa shape index (κ3) is 3.58. The van der Waals surface area contributed by atoms with Crippen molar-refractivity contribution < 1.29 is 18.0 Å². The average Bonchev–Trinajstić information content (AvgIpc) is 2.35. The SMILES string of the molecule is CC(C(=O)NN)C(C)N1CCC(C(F)(F)F)CC1. The van der Waals surface area contributed by atoms with E-state index in [4.69, 9.17) is 5.84 Å². The van der Waals surface area contributed by atoms with Gasteiger partial charge in [-0.15, -0.1) is 0 Å². The van der Waals surface area contributed by atoms with Crippen LogP contribution in [0.3, 0.4) is 0 Å². The fourth-order valence-corrected chi connectivity index (χ4v) is 2.30. The molecule has 106 valence electrons. The Labute approximate surface area is 105 Å². The third-order valence-corrected chi connectivity index (χ3v) is 3.85. The number of nitrogens with one attached hydrogen (secondary N) is 1. The number of halogens is 3. The maximum Gasteiger partial charge on any atom is 0.391 e. The van der Waals surface area contributed by atoms with E-state index in [0.29, 0.717) is 13.1 Å². The van der Waals surface area contributed by atoms with Crippen LogP contribution in [-0.4, -0.2) is 36.1 Å². The Morgan fingerprint density at radius 3 is 2.22 bits per heavy atom. The van der Waals surface area contributed by atoms with Crippen molar-refractivity contribution in [3.05, 3.63) is 0 Å². The number of piperidine rings is 1. The minimum absolute atomic E-state index is 0.102. The summed E-state index contributed by atoms with van der Waals surface area (Å²) in [6.45, 7) is 4.30. The van der Waals surface area contributed by atoms with E-state index in [9.17, 15) is 18.0 Å². The summed E-state index contributed by atoms with van der Waals surface area (Å²) < 4.78 is 37.5. The molecule has 0 aromatic rings. The summed E-state index contributed by atoms with van der Waals surface area (Å²) >= 11 is 0. The van der Waals surface area contributed by atoms with Crippen molar-refractivity contribution in [3.63, 3.8) is 0 Å². The summed E-state index contributed by atoms with van der Waals surface area (Å²) in [6.07, 6.45) is -3.90. The Morgan fingerprint density at radius 1 is 1.33 bits per heavy atom. The van der Waals surface area contributed by atoms with Crippen LogP contribution in [0, 0.1) is 11.8 Å². The van der Waals surface area contributed by atoms with Crippen LogP contribution in [0.15, 0.2) is 0 Å². The molecule has 7 heteroatoms. The first-order valence-electron chi connectivity index (χ1n) is 6.08. The maximum atomic E-state index is 12.5. The van der Waals surface area contributed by atoms with E-state index in [1.54, 1.807) is 6.92 Å². The molecule has 1 amide bonds. The van der Waals surface area contributed by atoms with Gasteiger partial charge in [0.1, 0.15) is 0 Å². The van der Waals surface area contributed by atoms with Gasteiger partial charge < -0.3 is 0 Å². The predicted molar refractivity (Wildman–Crippen MR) is 61.3 cm³/mol. The van der Waals surface area contributed by atoms with Gasteiger partial charge in [0.2, 0.25) is 5.91 Å². The number of carbonyl (C=O) groups is 1. The number of amides is 1. The number of nitrogens with zero attached hydrogens (tertiary/aromatic N) is 1. The van der Waals surface area contributed by atoms with Crippen LogP contribution >= 0.6 is 0 Å². The second-order valence-corrected chi connectivity index (χ2v) is 4.89. The summed E-state index contributed by atoms with van der Waals surface area (Å²) in [7, 11) is 0. The second kappa shape index (κ2) is 5.88. The Hall–Kier alpha value is -0.820. The normalized spacial score (nSPS) is 22.6. The van der Waals surface area contributed by atoms with E-state index in [-0.39, 0.29) is 30.7 Å². The molecule has 2 atom stereocenters. The Morgan fingerprint density at radius 2 is 1.83 bits per heavy atom. The van der Waals surface area contributed by atoms with Gasteiger partial charge in [-0.2, -0.15) is 13.2 Å². The highest BCUT2D eigenvalue weighted by Gasteiger charge is 2.42. The minimum Gasteiger partial charge on any atom is -0.300 e. The Balaban J connectivity index is 2.50. The van der Waals surface area contributed by atoms with E-state index in [1.165, 1.54) is 0 Å². The zero-order valence-electron chi connectivity index (χ0n) is 10.6. The van der Waals surface area contributed by atoms with Crippen molar-refractivity contribution in [2.45, 2.75) is 38.9 Å². The molecular weight excluding hydrogens is 247 g/mol. The van der Waals surface area contributed by atoms with Gasteiger partial charge in [0, 0.05) is 6.04 Å². The van der Waals surface area contributed by atoms with Crippen LogP contribution in [0.25, 0.3) is 0 Å². The molecule has 1 saturated heterocycles. The van der Waals surface area contributed by atoms with Gasteiger partial charge in [0.05, 0.1) is 11.8 Å². The first-order valence-corrected chi connectivity index (χ1v) is 6.08. The van der Waals surface area contributed by atoms with Crippen LogP contribution in [0.5, 0.6) is 0 Å². The molecule has 0 aromatic carbocycles. The summed E-state index contributed by atoms with van der Waals surface area (Å²) in [4.78, 5) is 13.3. The summed E-state index contributed by atoms with van der Waals surface area (Å²) in [5.74, 6) is 3.22. The fourth-order valence-electron chi connectivity index (χ4n) is 2.30. The quantitative estimate of drug-likeness (QED) is 0.460. The van der Waals surface area contributed by atoms with Gasteiger partial charge in [-0.3, -0.25) is 15.1 Å². The number of likely N-dealkylation sites (tertiary alicyclic amines) is 1. The first kappa shape index (κ1) is 15.2. The number of hydrogen-bond acceptors (Lipinski definition) is 3. The molecule has 4 nitrogen and oxygen atoms in total. The van der Waals surface area contributed by atoms with E-state index in [0.717, 1.165) is 0 Å². The molecule has 0 aliphatic carbocycles. The monoisotopic (exact) mass is 267 g/mol. The topological polar surface area (TPSA) is 58.4 Å². The molecule has 1 aliphatic heterocycles. The molecule has 0 aromatic heterocycles. The lowest BCUT2D eigenvalue weighted by atomic mass is 9.92. The van der Waals surface area contributed by atoms with Crippen molar-refractivity contribution in [1.29, 1.82) is 0 Å². The van der Waals surface area contributed by atoms with Crippen LogP contribution < -0.4 is 11.3 Å². The van der Waals surface area contributed by atoms with Gasteiger partial charge in [-0.25, -0.2) is 5.84 Å². The first-order chi connectivity index (χ1) is 8.27. The zero-order valence-corrected chi connectivity index (χ0v) is 10.6. The maximum absolute atomic E-state index is 12.5. The van der Waals surface area contributed by atoms with Crippen molar-refractivity contribution in [2.75, 3.05) is 13.1 Å². The standard InChI is InChI=1S/C11H20F3N3O/c1-7(10(18)16-15)8(2)17-5-3-9(4-6-17)11(12,13)14/h7-9H,3-6,15H2,1-2H3,(H,16,18). The Bertz CT molecular complexity index is 288. The molecule has 1 aliphatic rings. The third-order valence-electron chi connectivity index (χ3n) is 3.85. The van der Waals surface area contributed by atoms with Crippen molar-refractivity contribution in [2.24, 2.45) is 17.7 Å². The summed E-state index contributed by atoms with van der Waals surface area (Å²) in [6, 6.07) is -0.109. The van der Waals surface area contributed by atoms with Gasteiger partial charge in [0.25, 0.3) is 0 Å². The number of alkyl halides is 3. The lowest BCUT2D eigenvalue weighted by molar-refractivity contribution is -0.186. The van der Waals surface area contributed by atoms with Crippen molar-refractivity contribution in [3.8, 4) is 0 Å². The van der Waals surface area contributed by atoms with Gasteiger partial charge >= 0.3 is 6.18 Å². The summed E-state index contributed by atoms with van der Waals surface area (Å²) in [5, 5.41) is 0.